The summed E-state index contributed by atoms with van der Waals surface area (Å²) in [6.07, 6.45) is 8.55. The van der Waals surface area contributed by atoms with Crippen molar-refractivity contribution < 1.29 is 19.7 Å². The zero-order chi connectivity index (χ0) is 18.3. The Bertz CT molecular complexity index is 625. The number of fused-ring (bicyclic) bond motifs is 3. The van der Waals surface area contributed by atoms with E-state index < -0.39 is 17.6 Å². The van der Waals surface area contributed by atoms with Gasteiger partial charge >= 0.3 is 5.97 Å². The molecule has 0 aliphatic heterocycles. The molecule has 0 aromatic rings. The Kier molecular flexibility index (Phi) is 3.58. The van der Waals surface area contributed by atoms with Crippen LogP contribution in [0.2, 0.25) is 0 Å². The molecule has 0 aromatic carbocycles. The Morgan fingerprint density at radius 3 is 2.44 bits per heavy atom. The maximum atomic E-state index is 12.7. The lowest BCUT2D eigenvalue weighted by Crippen LogP contribution is -2.67. The molecule has 4 heteroatoms. The number of allylic oxidation sites excluding steroid dienone is 1. The van der Waals surface area contributed by atoms with Crippen molar-refractivity contribution in [2.45, 2.75) is 71.5 Å². The van der Waals surface area contributed by atoms with Gasteiger partial charge in [-0.05, 0) is 62.7 Å². The van der Waals surface area contributed by atoms with Crippen LogP contribution in [0, 0.1) is 33.5 Å². The van der Waals surface area contributed by atoms with Gasteiger partial charge in [0.05, 0.1) is 24.7 Å². The van der Waals surface area contributed by atoms with Crippen molar-refractivity contribution >= 4 is 5.97 Å². The molecule has 1 spiro atoms. The minimum atomic E-state index is -0.631. The van der Waals surface area contributed by atoms with Gasteiger partial charge in [-0.25, -0.2) is 0 Å². The highest BCUT2D eigenvalue weighted by Gasteiger charge is 2.70. The number of hydrogen-bond acceptors (Lipinski definition) is 4. The van der Waals surface area contributed by atoms with Crippen molar-refractivity contribution in [1.82, 2.24) is 0 Å². The number of carbonyl (C=O) groups excluding carboxylic acids is 1. The fourth-order valence-electron chi connectivity index (χ4n) is 7.43. The van der Waals surface area contributed by atoms with E-state index in [-0.39, 0.29) is 34.1 Å². The first-order valence-corrected chi connectivity index (χ1v) is 9.77. The van der Waals surface area contributed by atoms with Crippen LogP contribution < -0.4 is 0 Å². The van der Waals surface area contributed by atoms with Gasteiger partial charge in [0.15, 0.2) is 0 Å². The third-order valence-corrected chi connectivity index (χ3v) is 8.82. The van der Waals surface area contributed by atoms with E-state index in [1.807, 2.05) is 6.92 Å². The average Bonchev–Trinajstić information content (AvgIpc) is 2.85. The monoisotopic (exact) mass is 348 g/mol. The molecule has 0 heterocycles. The molecule has 4 rings (SSSR count). The summed E-state index contributed by atoms with van der Waals surface area (Å²) in [6.45, 7) is 6.44. The van der Waals surface area contributed by atoms with Crippen molar-refractivity contribution in [3.63, 3.8) is 0 Å². The van der Waals surface area contributed by atoms with Crippen LogP contribution in [0.3, 0.4) is 0 Å². The lowest BCUT2D eigenvalue weighted by molar-refractivity contribution is -0.235. The normalized spacial score (nSPS) is 56.9. The number of esters is 1. The lowest BCUT2D eigenvalue weighted by Gasteiger charge is -2.66. The van der Waals surface area contributed by atoms with Gasteiger partial charge in [-0.2, -0.15) is 0 Å². The summed E-state index contributed by atoms with van der Waals surface area (Å²) in [4.78, 5) is 12.7. The highest BCUT2D eigenvalue weighted by molar-refractivity contribution is 5.77. The number of aliphatic hydroxyl groups is 2. The summed E-state index contributed by atoms with van der Waals surface area (Å²) in [5, 5.41) is 22.3. The van der Waals surface area contributed by atoms with Crippen molar-refractivity contribution in [2.75, 3.05) is 7.11 Å². The second-order valence-corrected chi connectivity index (χ2v) is 10.0. The van der Waals surface area contributed by atoms with Gasteiger partial charge in [-0.1, -0.05) is 26.0 Å². The first-order valence-electron chi connectivity index (χ1n) is 9.77. The molecule has 0 radical (unpaired) electrons. The van der Waals surface area contributed by atoms with Crippen molar-refractivity contribution in [2.24, 2.45) is 33.5 Å². The maximum absolute atomic E-state index is 12.7. The van der Waals surface area contributed by atoms with Crippen LogP contribution in [0.1, 0.15) is 59.3 Å². The number of ether oxygens (including phenoxy) is 1. The minimum absolute atomic E-state index is 0.0554. The first-order chi connectivity index (χ1) is 11.6. The second kappa shape index (κ2) is 5.10. The van der Waals surface area contributed by atoms with Gasteiger partial charge in [-0.15, -0.1) is 0 Å². The molecule has 0 unspecified atom stereocenters. The third-order valence-electron chi connectivity index (χ3n) is 8.82. The van der Waals surface area contributed by atoms with E-state index in [1.165, 1.54) is 7.11 Å². The van der Waals surface area contributed by atoms with E-state index >= 15 is 0 Å². The predicted molar refractivity (Wildman–Crippen MR) is 94.6 cm³/mol. The number of rotatable bonds is 1. The highest BCUT2D eigenvalue weighted by atomic mass is 16.5. The van der Waals surface area contributed by atoms with Crippen LogP contribution >= 0.6 is 0 Å². The van der Waals surface area contributed by atoms with Gasteiger partial charge in [0.25, 0.3) is 0 Å². The average molecular weight is 348 g/mol. The zero-order valence-corrected chi connectivity index (χ0v) is 15.9. The van der Waals surface area contributed by atoms with Crippen molar-refractivity contribution in [1.29, 1.82) is 0 Å². The number of carbonyl (C=O) groups is 1. The Balaban J connectivity index is 1.82. The smallest absolute Gasteiger partial charge is 0.311 e. The largest absolute Gasteiger partial charge is 0.469 e. The summed E-state index contributed by atoms with van der Waals surface area (Å²) >= 11 is 0. The molecule has 4 aliphatic rings. The van der Waals surface area contributed by atoms with Gasteiger partial charge in [-0.3, -0.25) is 4.79 Å². The van der Waals surface area contributed by atoms with E-state index in [1.54, 1.807) is 0 Å². The quantitative estimate of drug-likeness (QED) is 0.564. The van der Waals surface area contributed by atoms with Gasteiger partial charge in [0.2, 0.25) is 0 Å². The first kappa shape index (κ1) is 17.5. The molecular formula is C21H32O4. The number of methoxy groups -OCH3 is 1. The Morgan fingerprint density at radius 1 is 1.04 bits per heavy atom. The van der Waals surface area contributed by atoms with Crippen LogP contribution in [-0.2, 0) is 9.53 Å². The minimum Gasteiger partial charge on any atom is -0.469 e. The molecule has 4 aliphatic carbocycles. The molecule has 3 saturated carbocycles. The van der Waals surface area contributed by atoms with Crippen LogP contribution in [0.4, 0.5) is 0 Å². The van der Waals surface area contributed by atoms with Crippen LogP contribution in [0.5, 0.6) is 0 Å². The van der Waals surface area contributed by atoms with Crippen molar-refractivity contribution in [3.05, 3.63) is 12.2 Å². The Morgan fingerprint density at radius 2 is 1.76 bits per heavy atom. The molecule has 140 valence electrons. The molecule has 8 atom stereocenters. The van der Waals surface area contributed by atoms with E-state index in [4.69, 9.17) is 4.74 Å². The van der Waals surface area contributed by atoms with E-state index in [9.17, 15) is 15.0 Å². The Labute approximate surface area is 150 Å². The Hall–Kier alpha value is -0.870. The SMILES string of the molecule is COC(=O)[C@]1(C)CC[C@H](O)[C@@]2(C)[C@H]1C[C@H](O)[C@]13C=C[C@](C)(CC[C@@H]12)C3. The molecule has 0 amide bonds. The van der Waals surface area contributed by atoms with E-state index in [0.717, 1.165) is 19.3 Å². The van der Waals surface area contributed by atoms with Gasteiger partial charge < -0.3 is 14.9 Å². The highest BCUT2D eigenvalue weighted by Crippen LogP contribution is 2.71. The molecule has 25 heavy (non-hydrogen) atoms. The van der Waals surface area contributed by atoms with Crippen LogP contribution in [0.15, 0.2) is 12.2 Å². The fourth-order valence-corrected chi connectivity index (χ4v) is 7.43. The second-order valence-electron chi connectivity index (χ2n) is 10.0. The zero-order valence-electron chi connectivity index (χ0n) is 15.9. The fraction of sp³-hybridized carbons (Fsp3) is 0.857. The summed E-state index contributed by atoms with van der Waals surface area (Å²) in [5.74, 6) is -0.0403. The lowest BCUT2D eigenvalue weighted by atomic mass is 9.39. The third kappa shape index (κ3) is 1.98. The van der Waals surface area contributed by atoms with E-state index in [0.29, 0.717) is 19.3 Å². The number of hydrogen-bond donors (Lipinski definition) is 2. The maximum Gasteiger partial charge on any atom is 0.311 e. The topological polar surface area (TPSA) is 66.8 Å². The molecule has 0 saturated heterocycles. The summed E-state index contributed by atoms with van der Waals surface area (Å²) in [7, 11) is 1.45. The molecule has 2 N–H and O–H groups in total. The van der Waals surface area contributed by atoms with Crippen LogP contribution in [-0.4, -0.2) is 35.5 Å². The summed E-state index contributed by atoms with van der Waals surface area (Å²) in [6, 6.07) is 0. The summed E-state index contributed by atoms with van der Waals surface area (Å²) < 4.78 is 5.15. The van der Waals surface area contributed by atoms with Crippen LogP contribution in [0.25, 0.3) is 0 Å². The predicted octanol–water partition coefficient (Wildman–Crippen LogP) is 3.07. The molecule has 3 fully saturated rings. The van der Waals surface area contributed by atoms with Crippen molar-refractivity contribution in [3.8, 4) is 0 Å². The summed E-state index contributed by atoms with van der Waals surface area (Å²) in [5.41, 5.74) is -1.07. The van der Waals surface area contributed by atoms with Gasteiger partial charge in [0.1, 0.15) is 0 Å². The molecule has 4 nitrogen and oxygen atoms in total. The molecule has 0 aromatic heterocycles. The molecular weight excluding hydrogens is 316 g/mol. The van der Waals surface area contributed by atoms with Gasteiger partial charge in [0, 0.05) is 10.8 Å². The van der Waals surface area contributed by atoms with E-state index in [2.05, 4.69) is 26.0 Å². The standard InChI is InChI=1S/C21H32O4/c1-18-7-5-13-20(3)14(11-16(23)21(13,12-18)10-9-18)19(2,17(24)25-4)8-6-15(20)22/h9-10,13-16,22-23H,5-8,11-12H2,1-4H3/t13-,14+,15+,16+,18+,19-,20-,21+/m1/s1. The molecule has 2 bridgehead atoms. The number of aliphatic hydroxyl groups excluding tert-OH is 2.